The van der Waals surface area contributed by atoms with Gasteiger partial charge in [-0.05, 0) is 12.5 Å². The number of hydrogen-bond donors (Lipinski definition) is 1. The van der Waals surface area contributed by atoms with Gasteiger partial charge in [0, 0.05) is 17.3 Å². The minimum atomic E-state index is 0.272. The van der Waals surface area contributed by atoms with Gasteiger partial charge in [0.05, 0.1) is 17.4 Å². The van der Waals surface area contributed by atoms with Crippen LogP contribution in [0.4, 0.5) is 5.69 Å². The maximum atomic E-state index is 5.87. The third kappa shape index (κ3) is 2.25. The molecule has 0 aliphatic carbocycles. The molecule has 0 saturated carbocycles. The van der Waals surface area contributed by atoms with Crippen molar-refractivity contribution in [3.8, 4) is 0 Å². The van der Waals surface area contributed by atoms with Crippen molar-refractivity contribution in [2.75, 3.05) is 11.2 Å². The molecular weight excluding hydrogens is 222 g/mol. The zero-order valence-corrected chi connectivity index (χ0v) is 9.91. The molecule has 0 saturated heterocycles. The molecule has 1 aromatic heterocycles. The first kappa shape index (κ1) is 11.1. The van der Waals surface area contributed by atoms with Gasteiger partial charge in [-0.1, -0.05) is 25.1 Å². The van der Waals surface area contributed by atoms with Crippen molar-refractivity contribution >= 4 is 28.2 Å². The van der Waals surface area contributed by atoms with Crippen LogP contribution in [0.25, 0.3) is 10.9 Å². The van der Waals surface area contributed by atoms with Crippen LogP contribution in [0.15, 0.2) is 30.5 Å². The second-order valence-electron chi connectivity index (χ2n) is 3.68. The van der Waals surface area contributed by atoms with E-state index in [0.29, 0.717) is 5.88 Å². The molecule has 0 fully saturated rings. The summed E-state index contributed by atoms with van der Waals surface area (Å²) in [5, 5.41) is 12.5. The smallest absolute Gasteiger partial charge is 0.0950 e. The third-order valence-electron chi connectivity index (χ3n) is 2.59. The topological polar surface area (TPSA) is 37.8 Å². The molecule has 4 heteroatoms. The molecule has 0 bridgehead atoms. The minimum Gasteiger partial charge on any atom is -0.379 e. The summed E-state index contributed by atoms with van der Waals surface area (Å²) in [6.45, 7) is 2.11. The first-order chi connectivity index (χ1) is 7.85. The first-order valence-electron chi connectivity index (χ1n) is 5.38. The van der Waals surface area contributed by atoms with Gasteiger partial charge in [0.1, 0.15) is 0 Å². The molecule has 0 radical (unpaired) electrons. The van der Waals surface area contributed by atoms with Crippen LogP contribution in [-0.4, -0.2) is 22.1 Å². The summed E-state index contributed by atoms with van der Waals surface area (Å²) < 4.78 is 0. The highest BCUT2D eigenvalue weighted by atomic mass is 35.5. The number of nitrogens with one attached hydrogen (secondary N) is 1. The second-order valence-corrected chi connectivity index (χ2v) is 3.99. The number of halogens is 1. The zero-order chi connectivity index (χ0) is 11.4. The minimum absolute atomic E-state index is 0.272. The number of fused-ring (bicyclic) bond motifs is 1. The maximum absolute atomic E-state index is 5.87. The van der Waals surface area contributed by atoms with Crippen LogP contribution < -0.4 is 5.32 Å². The molecule has 0 amide bonds. The maximum Gasteiger partial charge on any atom is 0.0950 e. The Hall–Kier alpha value is -1.35. The molecule has 2 rings (SSSR count). The largest absolute Gasteiger partial charge is 0.379 e. The number of anilines is 1. The van der Waals surface area contributed by atoms with Crippen LogP contribution in [0.3, 0.4) is 0 Å². The SMILES string of the molecule is CCC(CCl)Nc1cnnc2ccccc12. The van der Waals surface area contributed by atoms with Crippen LogP contribution in [0, 0.1) is 0 Å². The summed E-state index contributed by atoms with van der Waals surface area (Å²) in [5.41, 5.74) is 1.90. The number of alkyl halides is 1. The second kappa shape index (κ2) is 5.12. The first-order valence-corrected chi connectivity index (χ1v) is 5.91. The molecule has 1 heterocycles. The fraction of sp³-hybridized carbons (Fsp3) is 0.333. The highest BCUT2D eigenvalue weighted by Crippen LogP contribution is 2.21. The monoisotopic (exact) mass is 235 g/mol. The Kier molecular flexibility index (Phi) is 3.57. The molecule has 1 unspecified atom stereocenters. The Morgan fingerprint density at radius 3 is 2.94 bits per heavy atom. The number of benzene rings is 1. The van der Waals surface area contributed by atoms with E-state index >= 15 is 0 Å². The van der Waals surface area contributed by atoms with Crippen LogP contribution in [0.2, 0.25) is 0 Å². The predicted octanol–water partition coefficient (Wildman–Crippen LogP) is 3.06. The molecule has 1 atom stereocenters. The zero-order valence-electron chi connectivity index (χ0n) is 9.15. The summed E-state index contributed by atoms with van der Waals surface area (Å²) in [5.74, 6) is 0.590. The summed E-state index contributed by atoms with van der Waals surface area (Å²) in [6.07, 6.45) is 2.73. The molecule has 0 aliphatic rings. The molecule has 1 N–H and O–H groups in total. The number of nitrogens with zero attached hydrogens (tertiary/aromatic N) is 2. The lowest BCUT2D eigenvalue weighted by Gasteiger charge is -2.15. The van der Waals surface area contributed by atoms with Gasteiger partial charge in [-0.15, -0.1) is 11.6 Å². The van der Waals surface area contributed by atoms with Crippen molar-refractivity contribution in [2.24, 2.45) is 0 Å². The number of hydrogen-bond acceptors (Lipinski definition) is 3. The lowest BCUT2D eigenvalue weighted by molar-refractivity contribution is 0.770. The van der Waals surface area contributed by atoms with Gasteiger partial charge in [-0.25, -0.2) is 0 Å². The Labute approximate surface area is 99.8 Å². The van der Waals surface area contributed by atoms with Crippen molar-refractivity contribution in [1.82, 2.24) is 10.2 Å². The molecule has 2 aromatic rings. The van der Waals surface area contributed by atoms with E-state index in [-0.39, 0.29) is 6.04 Å². The van der Waals surface area contributed by atoms with Gasteiger partial charge in [0.15, 0.2) is 0 Å². The molecule has 0 aliphatic heterocycles. The van der Waals surface area contributed by atoms with Crippen molar-refractivity contribution in [2.45, 2.75) is 19.4 Å². The fourth-order valence-corrected chi connectivity index (χ4v) is 1.89. The molecule has 84 valence electrons. The lowest BCUT2D eigenvalue weighted by Crippen LogP contribution is -2.20. The normalized spacial score (nSPS) is 12.6. The summed E-state index contributed by atoms with van der Waals surface area (Å²) in [6, 6.07) is 8.22. The van der Waals surface area contributed by atoms with Gasteiger partial charge in [-0.2, -0.15) is 10.2 Å². The van der Waals surface area contributed by atoms with E-state index in [0.717, 1.165) is 23.0 Å². The van der Waals surface area contributed by atoms with E-state index in [2.05, 4.69) is 22.4 Å². The van der Waals surface area contributed by atoms with Crippen LogP contribution in [-0.2, 0) is 0 Å². The van der Waals surface area contributed by atoms with E-state index < -0.39 is 0 Å². The quantitative estimate of drug-likeness (QED) is 0.828. The summed E-state index contributed by atoms with van der Waals surface area (Å²) >= 11 is 5.87. The van der Waals surface area contributed by atoms with E-state index in [1.165, 1.54) is 0 Å². The van der Waals surface area contributed by atoms with Gasteiger partial charge in [0.25, 0.3) is 0 Å². The molecule has 0 spiro atoms. The van der Waals surface area contributed by atoms with E-state index in [1.807, 2.05) is 24.3 Å². The summed E-state index contributed by atoms with van der Waals surface area (Å²) in [7, 11) is 0. The number of rotatable bonds is 4. The molecular formula is C12H14ClN3. The Morgan fingerprint density at radius 2 is 2.19 bits per heavy atom. The van der Waals surface area contributed by atoms with Gasteiger partial charge < -0.3 is 5.32 Å². The highest BCUT2D eigenvalue weighted by molar-refractivity contribution is 6.18. The van der Waals surface area contributed by atoms with E-state index in [1.54, 1.807) is 6.20 Å². The van der Waals surface area contributed by atoms with Crippen LogP contribution >= 0.6 is 11.6 Å². The standard InChI is InChI=1S/C12H14ClN3/c1-2-9(7-13)15-12-8-14-16-11-6-4-3-5-10(11)12/h3-6,8-9H,2,7H2,1H3,(H,15,16). The predicted molar refractivity (Wildman–Crippen MR) is 68.0 cm³/mol. The van der Waals surface area contributed by atoms with Crippen molar-refractivity contribution in [1.29, 1.82) is 0 Å². The molecule has 1 aromatic carbocycles. The third-order valence-corrected chi connectivity index (χ3v) is 2.96. The Bertz CT molecular complexity index is 463. The average molecular weight is 236 g/mol. The van der Waals surface area contributed by atoms with Crippen molar-refractivity contribution in [3.63, 3.8) is 0 Å². The Balaban J connectivity index is 2.36. The van der Waals surface area contributed by atoms with Crippen LogP contribution in [0.1, 0.15) is 13.3 Å². The van der Waals surface area contributed by atoms with Crippen molar-refractivity contribution < 1.29 is 0 Å². The lowest BCUT2D eigenvalue weighted by atomic mass is 10.2. The van der Waals surface area contributed by atoms with Gasteiger partial charge >= 0.3 is 0 Å². The Morgan fingerprint density at radius 1 is 1.38 bits per heavy atom. The molecule has 3 nitrogen and oxygen atoms in total. The average Bonchev–Trinajstić information content (AvgIpc) is 2.36. The van der Waals surface area contributed by atoms with Gasteiger partial charge in [0.2, 0.25) is 0 Å². The van der Waals surface area contributed by atoms with Gasteiger partial charge in [-0.3, -0.25) is 0 Å². The summed E-state index contributed by atoms with van der Waals surface area (Å²) in [4.78, 5) is 0. The van der Waals surface area contributed by atoms with Crippen molar-refractivity contribution in [3.05, 3.63) is 30.5 Å². The number of aromatic nitrogens is 2. The van der Waals surface area contributed by atoms with E-state index in [9.17, 15) is 0 Å². The molecule has 16 heavy (non-hydrogen) atoms. The fourth-order valence-electron chi connectivity index (χ4n) is 1.59. The van der Waals surface area contributed by atoms with E-state index in [4.69, 9.17) is 11.6 Å². The van der Waals surface area contributed by atoms with Crippen LogP contribution in [0.5, 0.6) is 0 Å². The highest BCUT2D eigenvalue weighted by Gasteiger charge is 2.07.